The SMILES string of the molecule is CC1C(=O)N2C(CCN3CCC4(CC4)C(O)C3)COC2(C)CN1C(=O)Nc1ccc(Cl)c(Cl)c1. The lowest BCUT2D eigenvalue weighted by atomic mass is 9.90. The Labute approximate surface area is 210 Å². The molecule has 0 aromatic heterocycles. The van der Waals surface area contributed by atoms with Crippen LogP contribution in [0.3, 0.4) is 0 Å². The monoisotopic (exact) mass is 510 g/mol. The van der Waals surface area contributed by atoms with Gasteiger partial charge in [-0.2, -0.15) is 0 Å². The predicted molar refractivity (Wildman–Crippen MR) is 130 cm³/mol. The van der Waals surface area contributed by atoms with Crippen molar-refractivity contribution in [1.82, 2.24) is 14.7 Å². The molecule has 3 amide bonds. The number of likely N-dealkylation sites (tertiary alicyclic amines) is 1. The molecule has 0 radical (unpaired) electrons. The Morgan fingerprint density at radius 3 is 2.71 bits per heavy atom. The molecule has 1 aromatic carbocycles. The second kappa shape index (κ2) is 8.82. The number of nitrogens with one attached hydrogen (secondary N) is 1. The second-order valence-electron chi connectivity index (χ2n) is 10.4. The van der Waals surface area contributed by atoms with E-state index in [9.17, 15) is 14.7 Å². The number of urea groups is 1. The minimum Gasteiger partial charge on any atom is -0.391 e. The molecular weight excluding hydrogens is 479 g/mol. The number of nitrogens with zero attached hydrogens (tertiary/aromatic N) is 3. The van der Waals surface area contributed by atoms with Crippen LogP contribution in [-0.2, 0) is 9.53 Å². The van der Waals surface area contributed by atoms with Gasteiger partial charge in [0.05, 0.1) is 35.3 Å². The van der Waals surface area contributed by atoms with Crippen LogP contribution in [0.5, 0.6) is 0 Å². The Bertz CT molecular complexity index is 990. The molecule has 8 nitrogen and oxygen atoms in total. The topological polar surface area (TPSA) is 85.4 Å². The quantitative estimate of drug-likeness (QED) is 0.648. The number of carbonyl (C=O) groups is 2. The Balaban J connectivity index is 1.21. The average molecular weight is 511 g/mol. The second-order valence-corrected chi connectivity index (χ2v) is 11.2. The van der Waals surface area contributed by atoms with Gasteiger partial charge in [0, 0.05) is 18.8 Å². The Kier molecular flexibility index (Phi) is 6.26. The van der Waals surface area contributed by atoms with Gasteiger partial charge in [-0.15, -0.1) is 0 Å². The summed E-state index contributed by atoms with van der Waals surface area (Å²) in [6.45, 7) is 6.86. The number of benzene rings is 1. The van der Waals surface area contributed by atoms with E-state index in [0.29, 0.717) is 28.9 Å². The molecule has 5 rings (SSSR count). The zero-order chi connectivity index (χ0) is 24.3. The van der Waals surface area contributed by atoms with Crippen LogP contribution in [0.25, 0.3) is 0 Å². The number of piperazine rings is 1. The first-order chi connectivity index (χ1) is 16.1. The van der Waals surface area contributed by atoms with Crippen LogP contribution in [0.1, 0.15) is 39.5 Å². The van der Waals surface area contributed by atoms with E-state index in [0.717, 1.165) is 38.8 Å². The van der Waals surface area contributed by atoms with Crippen molar-refractivity contribution in [3.63, 3.8) is 0 Å². The number of aliphatic hydroxyl groups is 1. The molecule has 1 aliphatic carbocycles. The number of carbonyl (C=O) groups excluding carboxylic acids is 2. The molecule has 3 saturated heterocycles. The van der Waals surface area contributed by atoms with Crippen LogP contribution < -0.4 is 5.32 Å². The summed E-state index contributed by atoms with van der Waals surface area (Å²) in [5, 5.41) is 14.1. The molecule has 4 atom stereocenters. The first kappa shape index (κ1) is 24.1. The summed E-state index contributed by atoms with van der Waals surface area (Å²) in [7, 11) is 0. The van der Waals surface area contributed by atoms with E-state index in [1.165, 1.54) is 4.90 Å². The molecule has 0 bridgehead atoms. The van der Waals surface area contributed by atoms with Gasteiger partial charge in [0.2, 0.25) is 5.91 Å². The van der Waals surface area contributed by atoms with Crippen LogP contribution in [0.4, 0.5) is 10.5 Å². The minimum absolute atomic E-state index is 0.0470. The number of hydrogen-bond acceptors (Lipinski definition) is 5. The lowest BCUT2D eigenvalue weighted by molar-refractivity contribution is -0.167. The molecule has 4 fully saturated rings. The van der Waals surface area contributed by atoms with E-state index in [-0.39, 0.29) is 36.0 Å². The lowest BCUT2D eigenvalue weighted by Crippen LogP contribution is -2.68. The molecule has 34 heavy (non-hydrogen) atoms. The Hall–Kier alpha value is -1.58. The highest BCUT2D eigenvalue weighted by molar-refractivity contribution is 6.42. The van der Waals surface area contributed by atoms with Gasteiger partial charge < -0.3 is 29.9 Å². The number of hydrogen-bond donors (Lipinski definition) is 2. The van der Waals surface area contributed by atoms with Crippen LogP contribution in [0.15, 0.2) is 18.2 Å². The number of anilines is 1. The van der Waals surface area contributed by atoms with Crippen LogP contribution in [0.2, 0.25) is 10.0 Å². The first-order valence-electron chi connectivity index (χ1n) is 12.0. The van der Waals surface area contributed by atoms with Gasteiger partial charge in [0.15, 0.2) is 5.72 Å². The number of rotatable bonds is 4. The summed E-state index contributed by atoms with van der Waals surface area (Å²) in [4.78, 5) is 32.1. The highest BCUT2D eigenvalue weighted by Gasteiger charge is 2.55. The van der Waals surface area contributed by atoms with Crippen LogP contribution in [-0.4, -0.2) is 88.4 Å². The molecule has 3 aliphatic heterocycles. The summed E-state index contributed by atoms with van der Waals surface area (Å²) in [6.07, 6.45) is 3.88. The van der Waals surface area contributed by atoms with Gasteiger partial charge in [-0.25, -0.2) is 4.79 Å². The van der Waals surface area contributed by atoms with Crippen molar-refractivity contribution in [1.29, 1.82) is 0 Å². The smallest absolute Gasteiger partial charge is 0.322 e. The van der Waals surface area contributed by atoms with Crippen molar-refractivity contribution in [2.75, 3.05) is 38.1 Å². The van der Waals surface area contributed by atoms with Crippen molar-refractivity contribution < 1.29 is 19.4 Å². The van der Waals surface area contributed by atoms with E-state index in [2.05, 4.69) is 10.2 Å². The molecule has 3 heterocycles. The third-order valence-electron chi connectivity index (χ3n) is 8.15. The summed E-state index contributed by atoms with van der Waals surface area (Å²) in [5.74, 6) is -0.115. The minimum atomic E-state index is -0.872. The maximum Gasteiger partial charge on any atom is 0.322 e. The molecule has 4 unspecified atom stereocenters. The number of amides is 3. The third kappa shape index (κ3) is 4.28. The van der Waals surface area contributed by atoms with E-state index < -0.39 is 11.8 Å². The molecule has 10 heteroatoms. The third-order valence-corrected chi connectivity index (χ3v) is 8.89. The number of fused-ring (bicyclic) bond motifs is 1. The maximum absolute atomic E-state index is 13.4. The summed E-state index contributed by atoms with van der Waals surface area (Å²) >= 11 is 12.0. The van der Waals surface area contributed by atoms with Crippen molar-refractivity contribution >= 4 is 40.8 Å². The normalized spacial score (nSPS) is 32.7. The summed E-state index contributed by atoms with van der Waals surface area (Å²) in [6, 6.07) is 3.81. The van der Waals surface area contributed by atoms with Crippen molar-refractivity contribution in [2.24, 2.45) is 5.41 Å². The highest BCUT2D eigenvalue weighted by atomic mass is 35.5. The summed E-state index contributed by atoms with van der Waals surface area (Å²) in [5.41, 5.74) is -0.179. The lowest BCUT2D eigenvalue weighted by Gasteiger charge is -2.48. The standard InChI is InChI=1S/C24H32Cl2N4O4/c1-15-21(32)30-17(5-9-28-10-8-24(6-7-24)20(31)12-28)13-34-23(30,2)14-29(15)22(33)27-16-3-4-18(25)19(26)11-16/h3-4,11,15,17,20,31H,5-10,12-14H2,1-2H3,(H,27,33). The van der Waals surface area contributed by atoms with E-state index in [4.69, 9.17) is 27.9 Å². The Morgan fingerprint density at radius 2 is 2.03 bits per heavy atom. The maximum atomic E-state index is 13.4. The molecule has 1 spiro atoms. The van der Waals surface area contributed by atoms with E-state index in [1.54, 1.807) is 25.1 Å². The van der Waals surface area contributed by atoms with Crippen LogP contribution in [0, 0.1) is 5.41 Å². The fourth-order valence-corrected chi connectivity index (χ4v) is 6.01. The van der Waals surface area contributed by atoms with Crippen LogP contribution >= 0.6 is 23.2 Å². The molecule has 1 aromatic rings. The van der Waals surface area contributed by atoms with E-state index in [1.807, 2.05) is 11.8 Å². The van der Waals surface area contributed by atoms with Gasteiger partial charge in [0.1, 0.15) is 6.04 Å². The van der Waals surface area contributed by atoms with Crippen molar-refractivity contribution in [3.8, 4) is 0 Å². The van der Waals surface area contributed by atoms with Gasteiger partial charge >= 0.3 is 6.03 Å². The molecular formula is C24H32Cl2N4O4. The molecule has 4 aliphatic rings. The number of halogens is 2. The van der Waals surface area contributed by atoms with Crippen molar-refractivity contribution in [3.05, 3.63) is 28.2 Å². The predicted octanol–water partition coefficient (Wildman–Crippen LogP) is 3.41. The van der Waals surface area contributed by atoms with Crippen molar-refractivity contribution in [2.45, 2.75) is 63.4 Å². The fourth-order valence-electron chi connectivity index (χ4n) is 5.71. The fraction of sp³-hybridized carbons (Fsp3) is 0.667. The molecule has 1 saturated carbocycles. The number of β-amino-alcohol motifs (C(OH)–C–C–N with tert-alkyl or cyclic N) is 1. The van der Waals surface area contributed by atoms with Gasteiger partial charge in [-0.3, -0.25) is 4.79 Å². The number of ether oxygens (including phenoxy) is 1. The van der Waals surface area contributed by atoms with Gasteiger partial charge in [-0.1, -0.05) is 23.2 Å². The number of aliphatic hydroxyl groups excluding tert-OH is 1. The van der Waals surface area contributed by atoms with Gasteiger partial charge in [-0.05, 0) is 69.7 Å². The van der Waals surface area contributed by atoms with E-state index >= 15 is 0 Å². The molecule has 186 valence electrons. The Morgan fingerprint density at radius 1 is 1.26 bits per heavy atom. The average Bonchev–Trinajstić information content (AvgIpc) is 3.50. The number of piperidine rings is 1. The first-order valence-corrected chi connectivity index (χ1v) is 12.8. The highest BCUT2D eigenvalue weighted by Crippen LogP contribution is 2.53. The zero-order valence-corrected chi connectivity index (χ0v) is 21.1. The molecule has 2 N–H and O–H groups in total. The summed E-state index contributed by atoms with van der Waals surface area (Å²) < 4.78 is 6.12. The largest absolute Gasteiger partial charge is 0.391 e. The van der Waals surface area contributed by atoms with Gasteiger partial charge in [0.25, 0.3) is 0 Å². The zero-order valence-electron chi connectivity index (χ0n) is 19.6.